The van der Waals surface area contributed by atoms with Crippen molar-refractivity contribution in [1.82, 2.24) is 10.6 Å². The summed E-state index contributed by atoms with van der Waals surface area (Å²) in [5.41, 5.74) is 0.729. The molecule has 2 rings (SSSR count). The first-order valence-electron chi connectivity index (χ1n) is 6.89. The van der Waals surface area contributed by atoms with Gasteiger partial charge in [-0.3, -0.25) is 0 Å². The number of ether oxygens (including phenoxy) is 1. The van der Waals surface area contributed by atoms with E-state index in [2.05, 4.69) is 31.5 Å². The molecule has 0 heterocycles. The van der Waals surface area contributed by atoms with Gasteiger partial charge in [-0.2, -0.15) is 0 Å². The molecule has 1 atom stereocenters. The fourth-order valence-corrected chi connectivity index (χ4v) is 2.65. The molecule has 1 aromatic carbocycles. The predicted octanol–water partition coefficient (Wildman–Crippen LogP) is 2.18. The van der Waals surface area contributed by atoms with Gasteiger partial charge in [-0.25, -0.2) is 0 Å². The van der Waals surface area contributed by atoms with Gasteiger partial charge in [0.15, 0.2) is 0 Å². The number of anilines is 1. The van der Waals surface area contributed by atoms with Crippen LogP contribution < -0.4 is 20.7 Å². The summed E-state index contributed by atoms with van der Waals surface area (Å²) < 4.78 is 4.04. The van der Waals surface area contributed by atoms with Crippen LogP contribution in [0.15, 0.2) is 24.3 Å². The first kappa shape index (κ1) is 18.7. The summed E-state index contributed by atoms with van der Waals surface area (Å²) in [6.07, 6.45) is 0.860. The van der Waals surface area contributed by atoms with E-state index in [0.717, 1.165) is 18.5 Å². The van der Waals surface area contributed by atoms with Crippen LogP contribution in [0.4, 0.5) is 5.69 Å². The molecule has 1 saturated carbocycles. The molecule has 1 aliphatic rings. The molecule has 1 aromatic rings. The molecule has 1 fully saturated rings. The Morgan fingerprint density at radius 1 is 1.30 bits per heavy atom. The van der Waals surface area contributed by atoms with Gasteiger partial charge < -0.3 is 0 Å². The Hall–Kier alpha value is -0.651. The second-order valence-electron chi connectivity index (χ2n) is 5.06. The van der Waals surface area contributed by atoms with Gasteiger partial charge in [-0.1, -0.05) is 0 Å². The van der Waals surface area contributed by atoms with E-state index in [0.29, 0.717) is 10.4 Å². The van der Waals surface area contributed by atoms with E-state index in [9.17, 15) is 4.79 Å². The molecular formula is C14H16Cl3N3O2Se. The Kier molecular flexibility index (Phi) is 6.46. The molecule has 126 valence electrons. The number of amides is 1. The minimum absolute atomic E-state index is 0.0121. The van der Waals surface area contributed by atoms with Crippen LogP contribution >= 0.6 is 34.8 Å². The molecule has 0 aliphatic heterocycles. The quantitative estimate of drug-likeness (QED) is 0.343. The number of para-hydroxylation sites is 2. The van der Waals surface area contributed by atoms with Gasteiger partial charge in [0.1, 0.15) is 0 Å². The maximum atomic E-state index is 11.9. The van der Waals surface area contributed by atoms with E-state index < -0.39 is 9.96 Å². The Labute approximate surface area is 157 Å². The van der Waals surface area contributed by atoms with E-state index in [1.165, 1.54) is 0 Å². The third-order valence-corrected chi connectivity index (χ3v) is 4.31. The number of alkyl halides is 3. The molecule has 0 radical (unpaired) electrons. The zero-order valence-corrected chi connectivity index (χ0v) is 16.2. The van der Waals surface area contributed by atoms with Gasteiger partial charge in [0.25, 0.3) is 0 Å². The second-order valence-corrected chi connectivity index (χ2v) is 8.28. The van der Waals surface area contributed by atoms with Gasteiger partial charge in [-0.15, -0.1) is 0 Å². The van der Waals surface area contributed by atoms with Crippen LogP contribution in [0.5, 0.6) is 5.75 Å². The van der Waals surface area contributed by atoms with Crippen LogP contribution in [0.1, 0.15) is 12.8 Å². The number of carbonyl (C=O) groups is 1. The number of nitrogens with one attached hydrogen (secondary N) is 3. The number of benzene rings is 1. The number of methoxy groups -OCH3 is 1. The fraction of sp³-hybridized carbons (Fsp3) is 0.429. The molecule has 0 saturated heterocycles. The van der Waals surface area contributed by atoms with Gasteiger partial charge in [-0.05, 0) is 0 Å². The van der Waals surface area contributed by atoms with Gasteiger partial charge in [0.05, 0.1) is 0 Å². The average Bonchev–Trinajstić information content (AvgIpc) is 3.30. The van der Waals surface area contributed by atoms with Crippen molar-refractivity contribution >= 4 is 66.6 Å². The van der Waals surface area contributed by atoms with Crippen molar-refractivity contribution in [3.8, 4) is 5.75 Å². The first-order valence-corrected chi connectivity index (χ1v) is 8.88. The van der Waals surface area contributed by atoms with Crippen LogP contribution in [0.2, 0.25) is 0 Å². The summed E-state index contributed by atoms with van der Waals surface area (Å²) in [4.78, 5) is 11.9. The Balaban J connectivity index is 2.00. The van der Waals surface area contributed by atoms with E-state index >= 15 is 0 Å². The molecule has 0 spiro atoms. The first-order chi connectivity index (χ1) is 10.8. The van der Waals surface area contributed by atoms with Crippen molar-refractivity contribution in [2.24, 2.45) is 5.92 Å². The molecule has 5 nitrogen and oxygen atoms in total. The Morgan fingerprint density at radius 2 is 1.96 bits per heavy atom. The van der Waals surface area contributed by atoms with Crippen molar-refractivity contribution in [2.75, 3.05) is 12.4 Å². The van der Waals surface area contributed by atoms with Gasteiger partial charge in [0, 0.05) is 0 Å². The minimum atomic E-state index is -1.71. The SMILES string of the molecule is COc1ccccc1NC(=[Se])NC(NC(=O)C1CC1)C(Cl)(Cl)Cl. The third kappa shape index (κ3) is 5.73. The number of rotatable bonds is 7. The molecular weight excluding hydrogens is 427 g/mol. The topological polar surface area (TPSA) is 62.4 Å². The third-order valence-electron chi connectivity index (χ3n) is 3.19. The number of halogens is 3. The van der Waals surface area contributed by atoms with Gasteiger partial charge >= 0.3 is 158 Å². The Bertz CT molecular complexity index is 591. The second kappa shape index (κ2) is 7.95. The van der Waals surface area contributed by atoms with E-state index in [1.807, 2.05) is 24.3 Å². The normalized spacial score (nSPS) is 15.5. The monoisotopic (exact) mass is 443 g/mol. The standard InChI is InChI=1S/C14H16Cl3N3O2Se/c1-22-10-5-3-2-4-9(10)18-13(23)20-12(14(15,16)17)19-11(21)8-6-7-8/h2-5,8,12H,6-7H2,1H3,(H,19,21)(H2,18,20,23). The molecule has 0 aromatic heterocycles. The van der Waals surface area contributed by atoms with Crippen molar-refractivity contribution in [2.45, 2.75) is 22.8 Å². The van der Waals surface area contributed by atoms with E-state index in [4.69, 9.17) is 39.5 Å². The maximum absolute atomic E-state index is 11.9. The van der Waals surface area contributed by atoms with Crippen LogP contribution in [-0.2, 0) is 4.79 Å². The van der Waals surface area contributed by atoms with Gasteiger partial charge in [0.2, 0.25) is 0 Å². The van der Waals surface area contributed by atoms with Crippen LogP contribution in [-0.4, -0.2) is 43.2 Å². The summed E-state index contributed by atoms with van der Waals surface area (Å²) in [5.74, 6) is 0.548. The zero-order chi connectivity index (χ0) is 17.0. The molecule has 0 bridgehead atoms. The Morgan fingerprint density at radius 3 is 2.52 bits per heavy atom. The van der Waals surface area contributed by atoms with E-state index in [-0.39, 0.29) is 11.8 Å². The van der Waals surface area contributed by atoms with Crippen molar-refractivity contribution in [1.29, 1.82) is 0 Å². The molecule has 1 unspecified atom stereocenters. The van der Waals surface area contributed by atoms with Crippen molar-refractivity contribution < 1.29 is 9.53 Å². The fourth-order valence-electron chi connectivity index (χ4n) is 1.84. The summed E-state index contributed by atoms with van der Waals surface area (Å²) in [6, 6.07) is 7.37. The predicted molar refractivity (Wildman–Crippen MR) is 95.5 cm³/mol. The molecule has 1 aliphatic carbocycles. The van der Waals surface area contributed by atoms with Crippen LogP contribution in [0, 0.1) is 5.92 Å². The zero-order valence-electron chi connectivity index (χ0n) is 12.2. The molecule has 1 amide bonds. The number of carbonyl (C=O) groups excluding carboxylic acids is 1. The summed E-state index contributed by atoms with van der Waals surface area (Å²) >= 11 is 20.7. The molecule has 3 N–H and O–H groups in total. The average molecular weight is 444 g/mol. The van der Waals surface area contributed by atoms with Crippen molar-refractivity contribution in [3.05, 3.63) is 24.3 Å². The number of hydrogen-bond acceptors (Lipinski definition) is 4. The summed E-state index contributed by atoms with van der Waals surface area (Å²) in [5, 5.41) is 8.72. The summed E-state index contributed by atoms with van der Waals surface area (Å²) in [6.45, 7) is 0. The van der Waals surface area contributed by atoms with E-state index in [1.54, 1.807) is 7.11 Å². The van der Waals surface area contributed by atoms with Crippen LogP contribution in [0.3, 0.4) is 0 Å². The molecule has 9 heteroatoms. The van der Waals surface area contributed by atoms with Crippen molar-refractivity contribution in [3.63, 3.8) is 0 Å². The number of hydrogen-bond donors (Lipinski definition) is 3. The summed E-state index contributed by atoms with van der Waals surface area (Å²) in [7, 11) is 1.58. The van der Waals surface area contributed by atoms with Crippen LogP contribution in [0.25, 0.3) is 0 Å². The molecule has 23 heavy (non-hydrogen) atoms.